The lowest BCUT2D eigenvalue weighted by molar-refractivity contribution is -0.217. The molecule has 11 rings (SSSR count). The van der Waals surface area contributed by atoms with Crippen LogP contribution in [0, 0.1) is 11.3 Å². The monoisotopic (exact) mass is 809 g/mol. The highest BCUT2D eigenvalue weighted by Crippen LogP contribution is 2.68. The quantitative estimate of drug-likeness (QED) is 0.173. The lowest BCUT2D eigenvalue weighted by atomic mass is 9.43. The average Bonchev–Trinajstić information content (AvgIpc) is 3.87. The Morgan fingerprint density at radius 1 is 1.05 bits per heavy atom. The Hall–Kier alpha value is -6.15. The van der Waals surface area contributed by atoms with Gasteiger partial charge in [-0.1, -0.05) is 12.1 Å². The average molecular weight is 810 g/mol. The number of aryl methyl sites for hydroxylation is 2. The number of imide groups is 1. The number of carbonyl (C=O) groups is 3. The second kappa shape index (κ2) is 13.7. The van der Waals surface area contributed by atoms with Gasteiger partial charge in [-0.15, -0.1) is 0 Å². The van der Waals surface area contributed by atoms with Gasteiger partial charge < -0.3 is 15.3 Å². The molecule has 308 valence electrons. The third kappa shape index (κ3) is 6.05. The summed E-state index contributed by atoms with van der Waals surface area (Å²) in [5, 5.41) is 36.0. The first-order valence-electron chi connectivity index (χ1n) is 20.7. The summed E-state index contributed by atoms with van der Waals surface area (Å²) in [5.74, 6) is -1.10. The largest absolute Gasteiger partial charge is 0.386 e. The topological polar surface area (TPSA) is 188 Å². The Labute approximate surface area is 344 Å². The molecule has 6 heterocycles. The van der Waals surface area contributed by atoms with Gasteiger partial charge in [0, 0.05) is 68.0 Å². The summed E-state index contributed by atoms with van der Waals surface area (Å²) in [6.45, 7) is 8.37. The second-order valence-electron chi connectivity index (χ2n) is 17.8. The van der Waals surface area contributed by atoms with Crippen LogP contribution in [0.15, 0.2) is 65.7 Å². The van der Waals surface area contributed by atoms with E-state index < -0.39 is 17.6 Å². The fraction of sp³-hybridized carbons (Fsp3) is 0.432. The highest BCUT2D eigenvalue weighted by Gasteiger charge is 2.71. The number of para-hydroxylation sites is 1. The molecule has 3 saturated carbocycles. The molecule has 2 bridgehead atoms. The van der Waals surface area contributed by atoms with Crippen LogP contribution < -0.4 is 16.3 Å². The van der Waals surface area contributed by atoms with Gasteiger partial charge in [-0.25, -0.2) is 9.31 Å². The van der Waals surface area contributed by atoms with Crippen LogP contribution >= 0.6 is 0 Å². The van der Waals surface area contributed by atoms with E-state index in [1.165, 1.54) is 10.7 Å². The predicted molar refractivity (Wildman–Crippen MR) is 222 cm³/mol. The van der Waals surface area contributed by atoms with Crippen LogP contribution in [0.25, 0.3) is 27.5 Å². The molecule has 0 spiro atoms. The summed E-state index contributed by atoms with van der Waals surface area (Å²) in [6.07, 6.45) is 8.91. The van der Waals surface area contributed by atoms with E-state index in [0.29, 0.717) is 34.4 Å². The molecule has 6 aromatic rings. The number of carbonyl (C=O) groups excluding carboxylic acids is 3. The zero-order valence-corrected chi connectivity index (χ0v) is 33.9. The molecule has 3 aliphatic carbocycles. The van der Waals surface area contributed by atoms with E-state index in [4.69, 9.17) is 5.10 Å². The van der Waals surface area contributed by atoms with Crippen molar-refractivity contribution in [3.05, 3.63) is 93.8 Å². The molecule has 5 aliphatic rings. The molecule has 3 amide bonds. The maximum Gasteiger partial charge on any atom is 0.329 e. The predicted octanol–water partition coefficient (Wildman–Crippen LogP) is 3.55. The molecule has 1 atom stereocenters. The van der Waals surface area contributed by atoms with Crippen molar-refractivity contribution in [1.82, 2.24) is 43.6 Å². The van der Waals surface area contributed by atoms with Gasteiger partial charge in [-0.3, -0.25) is 38.4 Å². The highest BCUT2D eigenvalue weighted by molar-refractivity contribution is 6.05. The van der Waals surface area contributed by atoms with E-state index in [1.807, 2.05) is 24.3 Å². The maximum absolute atomic E-state index is 13.6. The first-order chi connectivity index (χ1) is 28.8. The number of nitrogens with zero attached hydrogens (tertiary/aromatic N) is 9. The molecule has 3 N–H and O–H groups in total. The Morgan fingerprint density at radius 2 is 1.83 bits per heavy atom. The summed E-state index contributed by atoms with van der Waals surface area (Å²) in [6, 6.07) is 16.1. The summed E-state index contributed by atoms with van der Waals surface area (Å²) in [4.78, 5) is 56.5. The van der Waals surface area contributed by atoms with Crippen LogP contribution in [-0.4, -0.2) is 99.4 Å². The number of benzene rings is 2. The molecule has 4 aromatic heterocycles. The zero-order valence-electron chi connectivity index (χ0n) is 33.9. The standard InChI is InChI=1S/C44H47N11O5/c1-42(2,60)31-20-32-29(19-33(31)47-40(58)36-10-9-30-18-27(21-45)22-46-55(30)36)23-53(49-32)44-24-43(25-44,26-44)52-16-14-51(15-17-52)13-5-7-28-6-4-8-34-38(28)50(3)41(59)54(34)35-11-12-37(56)48-39(35)57/h4,6,8-10,18-20,22-23,35,60H,5,7,11-17,24-26H2,1-3H3,(H,47,58)(H,48,56,57). The minimum atomic E-state index is -1.25. The van der Waals surface area contributed by atoms with E-state index in [1.54, 1.807) is 48.2 Å². The summed E-state index contributed by atoms with van der Waals surface area (Å²) in [5.41, 5.74) is 4.52. The Kier molecular flexibility index (Phi) is 8.69. The number of piperidine rings is 1. The summed E-state index contributed by atoms with van der Waals surface area (Å²) < 4.78 is 6.80. The normalized spacial score (nSPS) is 23.4. The number of nitriles is 1. The Morgan fingerprint density at radius 3 is 2.57 bits per heavy atom. The van der Waals surface area contributed by atoms with Crippen molar-refractivity contribution in [2.75, 3.05) is 38.0 Å². The number of fused-ring (bicyclic) bond motifs is 3. The fourth-order valence-electron chi connectivity index (χ4n) is 10.5. The summed E-state index contributed by atoms with van der Waals surface area (Å²) >= 11 is 0. The van der Waals surface area contributed by atoms with Gasteiger partial charge in [0.2, 0.25) is 11.8 Å². The summed E-state index contributed by atoms with van der Waals surface area (Å²) in [7, 11) is 1.76. The molecule has 0 radical (unpaired) electrons. The van der Waals surface area contributed by atoms with Crippen LogP contribution in [0.5, 0.6) is 0 Å². The van der Waals surface area contributed by atoms with E-state index in [2.05, 4.69) is 48.5 Å². The number of rotatable bonds is 10. The fourth-order valence-corrected chi connectivity index (χ4v) is 10.5. The number of piperazine rings is 1. The molecule has 60 heavy (non-hydrogen) atoms. The van der Waals surface area contributed by atoms with Gasteiger partial charge in [0.15, 0.2) is 0 Å². The number of aliphatic hydroxyl groups is 1. The lowest BCUT2D eigenvalue weighted by Gasteiger charge is -2.74. The minimum absolute atomic E-state index is 0.0362. The maximum atomic E-state index is 13.6. The smallest absolute Gasteiger partial charge is 0.329 e. The van der Waals surface area contributed by atoms with Gasteiger partial charge in [0.25, 0.3) is 5.91 Å². The first kappa shape index (κ1) is 38.1. The van der Waals surface area contributed by atoms with Crippen LogP contribution in [0.3, 0.4) is 0 Å². The zero-order chi connectivity index (χ0) is 41.7. The van der Waals surface area contributed by atoms with Gasteiger partial charge in [-0.2, -0.15) is 15.5 Å². The van der Waals surface area contributed by atoms with Crippen molar-refractivity contribution in [2.24, 2.45) is 7.05 Å². The molecule has 16 heteroatoms. The molecule has 1 unspecified atom stereocenters. The van der Waals surface area contributed by atoms with E-state index in [0.717, 1.165) is 92.3 Å². The van der Waals surface area contributed by atoms with Crippen LogP contribution in [0.1, 0.15) is 85.6 Å². The van der Waals surface area contributed by atoms with Crippen LogP contribution in [-0.2, 0) is 34.2 Å². The molecule has 2 aromatic carbocycles. The van der Waals surface area contributed by atoms with Crippen molar-refractivity contribution in [1.29, 1.82) is 5.26 Å². The lowest BCUT2D eigenvalue weighted by Crippen LogP contribution is -2.80. The first-order valence-corrected chi connectivity index (χ1v) is 20.7. The van der Waals surface area contributed by atoms with E-state index >= 15 is 0 Å². The van der Waals surface area contributed by atoms with Gasteiger partial charge in [0.05, 0.1) is 45.0 Å². The van der Waals surface area contributed by atoms with Crippen LogP contribution in [0.4, 0.5) is 5.69 Å². The Bertz CT molecular complexity index is 2860. The minimum Gasteiger partial charge on any atom is -0.386 e. The SMILES string of the molecule is Cn1c(=O)n(C2CCC(=O)NC2=O)c2cccc(CCCN3CCN(C45CC(n6cc7cc(NC(=O)c8ccc9cc(C#N)cnn89)c(C(C)(C)O)cc7n6)(C4)C5)CC3)c21. The highest BCUT2D eigenvalue weighted by atomic mass is 16.3. The van der Waals surface area contributed by atoms with Crippen molar-refractivity contribution in [2.45, 2.75) is 81.5 Å². The number of hydrogen-bond donors (Lipinski definition) is 3. The van der Waals surface area contributed by atoms with Gasteiger partial charge in [-0.05, 0) is 101 Å². The van der Waals surface area contributed by atoms with E-state index in [9.17, 15) is 29.5 Å². The van der Waals surface area contributed by atoms with Gasteiger partial charge in [0.1, 0.15) is 17.8 Å². The molecule has 2 saturated heterocycles. The molecule has 2 aliphatic heterocycles. The van der Waals surface area contributed by atoms with Crippen molar-refractivity contribution in [3.63, 3.8) is 0 Å². The number of imidazole rings is 1. The third-order valence-corrected chi connectivity index (χ3v) is 13.5. The Balaban J connectivity index is 0.767. The molecule has 5 fully saturated rings. The number of aromatic nitrogens is 6. The van der Waals surface area contributed by atoms with Crippen LogP contribution in [0.2, 0.25) is 0 Å². The molecular formula is C44H47N11O5. The molecular weight excluding hydrogens is 763 g/mol. The number of anilines is 1. The second-order valence-corrected chi connectivity index (χ2v) is 17.8. The number of hydrogen-bond acceptors (Lipinski definition) is 10. The molecule has 16 nitrogen and oxygen atoms in total. The van der Waals surface area contributed by atoms with Gasteiger partial charge >= 0.3 is 5.69 Å². The van der Waals surface area contributed by atoms with Crippen molar-refractivity contribution < 1.29 is 19.5 Å². The number of nitrogens with one attached hydrogen (secondary N) is 2. The third-order valence-electron chi connectivity index (χ3n) is 13.5. The number of amides is 3. The van der Waals surface area contributed by atoms with E-state index in [-0.39, 0.29) is 35.0 Å². The van der Waals surface area contributed by atoms with Crippen molar-refractivity contribution in [3.8, 4) is 6.07 Å². The van der Waals surface area contributed by atoms with Crippen molar-refractivity contribution >= 4 is 50.9 Å².